The Bertz CT molecular complexity index is 1760. The van der Waals surface area contributed by atoms with Crippen molar-refractivity contribution in [2.45, 2.75) is 90.6 Å². The van der Waals surface area contributed by atoms with Crippen LogP contribution < -0.4 is 10.9 Å². The van der Waals surface area contributed by atoms with Crippen LogP contribution in [0.25, 0.3) is 11.0 Å². The molecule has 2 heterocycles. The van der Waals surface area contributed by atoms with Gasteiger partial charge in [0, 0.05) is 37.1 Å². The van der Waals surface area contributed by atoms with Crippen molar-refractivity contribution in [3.05, 3.63) is 69.9 Å². The lowest BCUT2D eigenvalue weighted by Gasteiger charge is -2.20. The topological polar surface area (TPSA) is 151 Å². The minimum atomic E-state index is -4.54. The van der Waals surface area contributed by atoms with E-state index in [1.54, 1.807) is 33.8 Å². The van der Waals surface area contributed by atoms with Gasteiger partial charge in [-0.1, -0.05) is 13.0 Å². The van der Waals surface area contributed by atoms with E-state index >= 15 is 0 Å². The van der Waals surface area contributed by atoms with Crippen LogP contribution in [0, 0.1) is 5.82 Å². The summed E-state index contributed by atoms with van der Waals surface area (Å²) in [4.78, 5) is 71.9. The highest BCUT2D eigenvalue weighted by molar-refractivity contribution is 5.90. The molecule has 1 atom stereocenters. The number of hydrogen-bond acceptors (Lipinski definition) is 9. The fourth-order valence-corrected chi connectivity index (χ4v) is 4.65. The highest BCUT2D eigenvalue weighted by atomic mass is 19.4. The van der Waals surface area contributed by atoms with Crippen molar-refractivity contribution < 1.29 is 46.2 Å². The molecule has 0 aliphatic rings. The fourth-order valence-electron chi connectivity index (χ4n) is 4.65. The number of halogens is 4. The van der Waals surface area contributed by atoms with E-state index in [1.165, 1.54) is 6.08 Å². The summed E-state index contributed by atoms with van der Waals surface area (Å²) in [6.07, 6.45) is -2.90. The van der Waals surface area contributed by atoms with Crippen LogP contribution in [0.2, 0.25) is 0 Å². The van der Waals surface area contributed by atoms with Gasteiger partial charge >= 0.3 is 18.4 Å². The third-order valence-electron chi connectivity index (χ3n) is 6.92. The summed E-state index contributed by atoms with van der Waals surface area (Å²) in [5, 5.41) is 2.42. The smallest absolute Gasteiger partial charge is 0.420 e. The maximum Gasteiger partial charge on any atom is 0.420 e. The Balaban J connectivity index is 2.00. The van der Waals surface area contributed by atoms with Crippen molar-refractivity contribution in [1.29, 1.82) is 0 Å². The van der Waals surface area contributed by atoms with Crippen molar-refractivity contribution in [3.8, 4) is 0 Å². The van der Waals surface area contributed by atoms with Crippen molar-refractivity contribution in [2.24, 2.45) is 0 Å². The Labute approximate surface area is 273 Å². The number of aryl methyl sites for hydroxylation is 1. The lowest BCUT2D eigenvalue weighted by Crippen LogP contribution is -2.42. The monoisotopic (exact) mass is 679 g/mol. The molecule has 0 bridgehead atoms. The third-order valence-corrected chi connectivity index (χ3v) is 6.92. The molecule has 1 N–H and O–H groups in total. The van der Waals surface area contributed by atoms with E-state index in [2.05, 4.69) is 20.0 Å². The number of methoxy groups -OCH3 is 1. The summed E-state index contributed by atoms with van der Waals surface area (Å²) in [5.41, 5.74) is -2.15. The third kappa shape index (κ3) is 10.6. The number of imidazole rings is 1. The zero-order chi connectivity index (χ0) is 35.8. The van der Waals surface area contributed by atoms with Crippen LogP contribution in [0.3, 0.4) is 0 Å². The summed E-state index contributed by atoms with van der Waals surface area (Å²) in [6.45, 7) is 5.98. The molecule has 16 heteroatoms. The summed E-state index contributed by atoms with van der Waals surface area (Å²) in [6, 6.07) is 0.763. The van der Waals surface area contributed by atoms with Gasteiger partial charge in [-0.15, -0.1) is 0 Å². The zero-order valence-corrected chi connectivity index (χ0v) is 27.1. The number of amides is 1. The number of aromatic nitrogens is 4. The normalized spacial score (nSPS) is 12.7. The van der Waals surface area contributed by atoms with Gasteiger partial charge in [0.2, 0.25) is 0 Å². The number of nitrogens with one attached hydrogen (secondary N) is 1. The number of hydrogen-bond donors (Lipinski definition) is 1. The molecule has 0 spiro atoms. The summed E-state index contributed by atoms with van der Waals surface area (Å²) >= 11 is 0. The highest BCUT2D eigenvalue weighted by Gasteiger charge is 2.30. The summed E-state index contributed by atoms with van der Waals surface area (Å²) < 4.78 is 65.8. The number of alkyl halides is 3. The molecule has 3 aromatic rings. The minimum absolute atomic E-state index is 0.0762. The molecule has 1 amide bonds. The first kappa shape index (κ1) is 37.6. The second-order valence-corrected chi connectivity index (χ2v) is 11.9. The minimum Gasteiger partial charge on any atom is -0.453 e. The number of fused-ring (bicyclic) bond motifs is 1. The van der Waals surface area contributed by atoms with Gasteiger partial charge in [-0.05, 0) is 57.7 Å². The number of rotatable bonds is 13. The number of nitrogens with zero attached hydrogens (tertiary/aromatic N) is 4. The first-order valence-electron chi connectivity index (χ1n) is 15.0. The largest absolute Gasteiger partial charge is 0.453 e. The lowest BCUT2D eigenvalue weighted by atomic mass is 10.0. The molecule has 0 saturated heterocycles. The summed E-state index contributed by atoms with van der Waals surface area (Å²) in [5.74, 6) is -1.74. The van der Waals surface area contributed by atoms with Gasteiger partial charge in [0.15, 0.2) is 11.6 Å². The molecule has 0 aliphatic carbocycles. The molecular weight excluding hydrogens is 642 g/mol. The van der Waals surface area contributed by atoms with Gasteiger partial charge in [-0.3, -0.25) is 19.0 Å². The second-order valence-electron chi connectivity index (χ2n) is 11.9. The molecule has 260 valence electrons. The molecule has 48 heavy (non-hydrogen) atoms. The average molecular weight is 680 g/mol. The Hall–Kier alpha value is -4.89. The van der Waals surface area contributed by atoms with Gasteiger partial charge in [0.25, 0.3) is 5.56 Å². The number of ether oxygens (including phenoxy) is 2. The van der Waals surface area contributed by atoms with E-state index < -0.39 is 73.0 Å². The number of allylic oxidation sites excluding steroid dienone is 2. The van der Waals surface area contributed by atoms with Gasteiger partial charge < -0.3 is 14.8 Å². The number of ketones is 2. The van der Waals surface area contributed by atoms with Crippen LogP contribution >= 0.6 is 0 Å². The van der Waals surface area contributed by atoms with E-state index in [1.807, 2.05) is 0 Å². The standard InChI is InChI=1S/C32H37F4N5O7/c1-6-22(42)9-7-8-10-23(38-29(45)47-5)25(43)14-20-16-37-18-40(28(20)44)17-26-39-27-19(11-12-32(34,35)36)13-21(33)15-24(27)41(26)30(46)48-31(2,3)4/h7,9,13,15-16,18,23H,6,8,10-12,14,17H2,1-5H3,(H,38,45)/b9-7+/t23-/m0/s1. The first-order valence-corrected chi connectivity index (χ1v) is 15.0. The molecule has 0 radical (unpaired) electrons. The van der Waals surface area contributed by atoms with Gasteiger partial charge in [0.05, 0.1) is 37.1 Å². The molecule has 1 aromatic carbocycles. The van der Waals surface area contributed by atoms with Crippen molar-refractivity contribution in [2.75, 3.05) is 7.11 Å². The van der Waals surface area contributed by atoms with Crippen LogP contribution in [0.4, 0.5) is 27.2 Å². The van der Waals surface area contributed by atoms with Crippen LogP contribution in [0.1, 0.15) is 70.3 Å². The SMILES string of the molecule is CCC(=O)/C=C/CC[C@H](NC(=O)OC)C(=O)Cc1cncn(Cc2nc3c(CCC(F)(F)F)cc(F)cc3n2C(=O)OC(C)(C)C)c1=O. The molecule has 0 fully saturated rings. The van der Waals surface area contributed by atoms with Crippen LogP contribution in [0.15, 0.2) is 41.6 Å². The molecule has 0 unspecified atom stereocenters. The molecule has 3 rings (SSSR count). The predicted octanol–water partition coefficient (Wildman–Crippen LogP) is 5.21. The Kier molecular flexibility index (Phi) is 12.4. The fraction of sp³-hybridized carbons (Fsp3) is 0.469. The van der Waals surface area contributed by atoms with Gasteiger partial charge in [0.1, 0.15) is 17.2 Å². The summed E-state index contributed by atoms with van der Waals surface area (Å²) in [7, 11) is 1.12. The molecule has 2 aromatic heterocycles. The van der Waals surface area contributed by atoms with E-state index in [4.69, 9.17) is 4.74 Å². The van der Waals surface area contributed by atoms with Gasteiger partial charge in [-0.2, -0.15) is 13.2 Å². The Morgan fingerprint density at radius 1 is 1.10 bits per heavy atom. The van der Waals surface area contributed by atoms with Crippen LogP contribution in [0.5, 0.6) is 0 Å². The van der Waals surface area contributed by atoms with E-state index in [9.17, 15) is 41.5 Å². The average Bonchev–Trinajstić information content (AvgIpc) is 3.35. The molecular formula is C32H37F4N5O7. The maximum absolute atomic E-state index is 14.7. The number of benzene rings is 1. The van der Waals surface area contributed by atoms with Gasteiger partial charge in [-0.25, -0.2) is 28.5 Å². The lowest BCUT2D eigenvalue weighted by molar-refractivity contribution is -0.134. The zero-order valence-electron chi connectivity index (χ0n) is 27.1. The first-order chi connectivity index (χ1) is 22.4. The number of alkyl carbamates (subject to hydrolysis) is 1. The quantitative estimate of drug-likeness (QED) is 0.190. The predicted molar refractivity (Wildman–Crippen MR) is 165 cm³/mol. The highest BCUT2D eigenvalue weighted by Crippen LogP contribution is 2.28. The van der Waals surface area contributed by atoms with E-state index in [0.717, 1.165) is 40.9 Å². The maximum atomic E-state index is 14.7. The molecule has 12 nitrogen and oxygen atoms in total. The number of carbonyl (C=O) groups excluding carboxylic acids is 4. The van der Waals surface area contributed by atoms with Crippen molar-refractivity contribution in [3.63, 3.8) is 0 Å². The second kappa shape index (κ2) is 15.8. The Morgan fingerprint density at radius 2 is 1.81 bits per heavy atom. The Morgan fingerprint density at radius 3 is 2.44 bits per heavy atom. The van der Waals surface area contributed by atoms with Crippen LogP contribution in [-0.4, -0.2) is 67.8 Å². The number of carbonyl (C=O) groups is 4. The van der Waals surface area contributed by atoms with Crippen LogP contribution in [-0.2, 0) is 38.4 Å². The number of Topliss-reactive ketones (excluding diaryl/α,β-unsaturated/α-hetero) is 1. The molecule has 0 saturated carbocycles. The van der Waals surface area contributed by atoms with Crippen molar-refractivity contribution >= 4 is 34.8 Å². The van der Waals surface area contributed by atoms with E-state index in [-0.39, 0.29) is 46.6 Å². The molecule has 0 aliphatic heterocycles. The van der Waals surface area contributed by atoms with Crippen molar-refractivity contribution in [1.82, 2.24) is 24.4 Å². The van der Waals surface area contributed by atoms with E-state index in [0.29, 0.717) is 6.42 Å².